The van der Waals surface area contributed by atoms with Gasteiger partial charge in [0.2, 0.25) is 0 Å². The summed E-state index contributed by atoms with van der Waals surface area (Å²) in [5.41, 5.74) is -2.59. The fourth-order valence-electron chi connectivity index (χ4n) is 16.2. The first-order chi connectivity index (χ1) is 35.5. The minimum absolute atomic E-state index is 0.123. The van der Waals surface area contributed by atoms with E-state index >= 15 is 0 Å². The average molecular weight is 1100 g/mol. The van der Waals surface area contributed by atoms with E-state index in [9.17, 15) is 76.6 Å². The molecule has 0 radical (unpaired) electrons. The first-order valence-corrected chi connectivity index (χ1v) is 27.4. The minimum atomic E-state index is -1.85. The summed E-state index contributed by atoms with van der Waals surface area (Å²) in [6.45, 7) is 14.2. The summed E-state index contributed by atoms with van der Waals surface area (Å²) >= 11 is 0. The van der Waals surface area contributed by atoms with Crippen LogP contribution in [-0.4, -0.2) is 244 Å². The van der Waals surface area contributed by atoms with Crippen LogP contribution in [0.2, 0.25) is 0 Å². The van der Waals surface area contributed by atoms with Gasteiger partial charge in [0.25, 0.3) is 0 Å². The molecule has 4 aliphatic carbocycles. The lowest BCUT2D eigenvalue weighted by Gasteiger charge is -2.71. The van der Waals surface area contributed by atoms with Gasteiger partial charge in [-0.3, -0.25) is 0 Å². The Morgan fingerprint density at radius 1 is 0.605 bits per heavy atom. The van der Waals surface area contributed by atoms with Gasteiger partial charge in [-0.1, -0.05) is 46.3 Å². The van der Waals surface area contributed by atoms with Crippen molar-refractivity contribution in [1.82, 2.24) is 0 Å². The van der Waals surface area contributed by atoms with Crippen LogP contribution in [0.25, 0.3) is 0 Å². The molecule has 4 saturated heterocycles. The van der Waals surface area contributed by atoms with Crippen LogP contribution >= 0.6 is 0 Å². The van der Waals surface area contributed by atoms with Gasteiger partial charge in [0.15, 0.2) is 25.2 Å². The van der Waals surface area contributed by atoms with Crippen molar-refractivity contribution in [1.29, 1.82) is 0 Å². The molecular weight excluding hydrogens is 1000 g/mol. The molecule has 30 atom stereocenters. The first-order valence-electron chi connectivity index (χ1n) is 27.4. The minimum Gasteiger partial charge on any atom is -0.394 e. The van der Waals surface area contributed by atoms with Gasteiger partial charge in [0.05, 0.1) is 50.3 Å². The summed E-state index contributed by atoms with van der Waals surface area (Å²) in [7, 11) is 0. The molecule has 23 nitrogen and oxygen atoms in total. The highest BCUT2D eigenvalue weighted by Gasteiger charge is 2.74. The lowest BCUT2D eigenvalue weighted by atomic mass is 9.34. The van der Waals surface area contributed by atoms with Crippen LogP contribution in [0.4, 0.5) is 0 Å². The van der Waals surface area contributed by atoms with Gasteiger partial charge in [-0.15, -0.1) is 0 Å². The highest BCUT2D eigenvalue weighted by atomic mass is 16.8. The zero-order valence-electron chi connectivity index (χ0n) is 45.0. The molecule has 440 valence electrons. The Hall–Kier alpha value is -1.18. The summed E-state index contributed by atoms with van der Waals surface area (Å²) in [6.07, 6.45) is -26.5. The Morgan fingerprint density at radius 2 is 1.18 bits per heavy atom. The van der Waals surface area contributed by atoms with E-state index in [1.54, 1.807) is 0 Å². The van der Waals surface area contributed by atoms with Crippen LogP contribution in [-0.2, 0) is 37.9 Å². The molecule has 0 spiro atoms. The smallest absolute Gasteiger partial charge is 0.187 e. The number of rotatable bonds is 15. The summed E-state index contributed by atoms with van der Waals surface area (Å²) in [5, 5.41) is 164. The Morgan fingerprint density at radius 3 is 1.82 bits per heavy atom. The highest BCUT2D eigenvalue weighted by molar-refractivity contribution is 5.22. The van der Waals surface area contributed by atoms with E-state index in [-0.39, 0.29) is 24.4 Å². The average Bonchev–Trinajstić information content (AvgIpc) is 3.75. The van der Waals surface area contributed by atoms with Crippen LogP contribution in [0.5, 0.6) is 0 Å². The highest BCUT2D eigenvalue weighted by Crippen LogP contribution is 2.76. The van der Waals surface area contributed by atoms with Crippen molar-refractivity contribution in [3.63, 3.8) is 0 Å². The molecule has 4 aliphatic heterocycles. The standard InChI is InChI=1S/C53H90O23/c1-22(2)10-9-13-53(8,76-47-42(68)38(64)36(62)29(73-47)21-70-45-40(66)33(59)26(58)20-69-45)23-11-15-51(6)32(23)24(56)16-30-50(5)14-12-31(49(3,4)44(50)25(57)17-52(30,51)7)74-48-43(39(65)35(61)28(19-55)72-48)75-46-41(67)37(63)34(60)27(18-54)71-46/h10,23-48,54-68H,9,11-21H2,1-8H3/t23-,24+,25-,26-,27+,28+,29+,30+,31-,32-,33-,34+,35+,36+,37-,38-,39-,40+,41+,42+,43+,44-,45+,46-,47-,48-,50+,51+,52+,53-/m0/s1. The van der Waals surface area contributed by atoms with Crippen molar-refractivity contribution in [2.24, 2.45) is 45.3 Å². The predicted octanol–water partition coefficient (Wildman–Crippen LogP) is -2.59. The molecule has 8 fully saturated rings. The summed E-state index contributed by atoms with van der Waals surface area (Å²) in [4.78, 5) is 0. The van der Waals surface area contributed by atoms with Crippen molar-refractivity contribution in [2.75, 3.05) is 26.4 Å². The van der Waals surface area contributed by atoms with Crippen molar-refractivity contribution in [3.05, 3.63) is 11.6 Å². The van der Waals surface area contributed by atoms with Crippen LogP contribution in [0.15, 0.2) is 11.6 Å². The van der Waals surface area contributed by atoms with E-state index in [0.29, 0.717) is 51.4 Å². The SMILES string of the molecule is CC(C)=CCC[C@](C)(O[C@@H]1O[C@H](CO[C@H]2OC[C@H](O)[C@H](O)[C@H]2O)[C@@H](O)[C@H](O)[C@H]1O)[C@H]1CC[C@]2(C)[C@@H]1[C@H](O)C[C@@H]1[C@@]3(C)CC[C@H](O[C@@H]4O[C@H](CO)[C@@H](O)[C@H](O)[C@H]4O[C@@H]4O[C@H](CO)[C@@H](O)[C@H](O)[C@H]4O)C(C)(C)[C@@H]3[C@@H](O)C[C@]12C. The van der Waals surface area contributed by atoms with Crippen molar-refractivity contribution in [2.45, 2.75) is 247 Å². The molecule has 0 unspecified atom stereocenters. The lowest BCUT2D eigenvalue weighted by Crippen LogP contribution is -2.70. The lowest BCUT2D eigenvalue weighted by molar-refractivity contribution is -0.380. The summed E-state index contributed by atoms with van der Waals surface area (Å²) in [6, 6.07) is 0. The van der Waals surface area contributed by atoms with E-state index in [1.165, 1.54) is 0 Å². The zero-order chi connectivity index (χ0) is 55.9. The zero-order valence-corrected chi connectivity index (χ0v) is 45.0. The molecule has 15 N–H and O–H groups in total. The van der Waals surface area contributed by atoms with E-state index in [0.717, 1.165) is 5.57 Å². The van der Waals surface area contributed by atoms with Crippen LogP contribution in [0, 0.1) is 45.3 Å². The number of aliphatic hydroxyl groups excluding tert-OH is 15. The topological polar surface area (TPSA) is 377 Å². The molecule has 0 aromatic rings. The first kappa shape index (κ1) is 60.9. The second kappa shape index (κ2) is 22.9. The molecular formula is C53H90O23. The Bertz CT molecular complexity index is 1980. The van der Waals surface area contributed by atoms with Gasteiger partial charge in [-0.2, -0.15) is 0 Å². The van der Waals surface area contributed by atoms with Crippen molar-refractivity contribution >= 4 is 0 Å². The van der Waals surface area contributed by atoms with Crippen LogP contribution < -0.4 is 0 Å². The molecule has 0 aromatic heterocycles. The maximum atomic E-state index is 12.8. The number of hydrogen-bond donors (Lipinski definition) is 15. The molecule has 8 rings (SSSR count). The fourth-order valence-corrected chi connectivity index (χ4v) is 16.2. The third-order valence-electron chi connectivity index (χ3n) is 20.4. The second-order valence-corrected chi connectivity index (χ2v) is 25.5. The number of allylic oxidation sites excluding steroid dienone is 2. The summed E-state index contributed by atoms with van der Waals surface area (Å²) < 4.78 is 48.6. The van der Waals surface area contributed by atoms with Crippen LogP contribution in [0.1, 0.15) is 107 Å². The van der Waals surface area contributed by atoms with Gasteiger partial charge in [0.1, 0.15) is 91.6 Å². The molecule has 4 heterocycles. The molecule has 8 aliphatic rings. The number of ether oxygens (including phenoxy) is 8. The quantitative estimate of drug-likeness (QED) is 0.0591. The molecule has 23 heteroatoms. The van der Waals surface area contributed by atoms with Crippen molar-refractivity contribution < 1.29 is 114 Å². The Labute approximate surface area is 444 Å². The summed E-state index contributed by atoms with van der Waals surface area (Å²) in [5.74, 6) is -1.26. The normalized spacial score (nSPS) is 53.2. The number of fused-ring (bicyclic) bond motifs is 5. The van der Waals surface area contributed by atoms with E-state index in [2.05, 4.69) is 26.8 Å². The van der Waals surface area contributed by atoms with Crippen LogP contribution in [0.3, 0.4) is 0 Å². The van der Waals surface area contributed by atoms with Gasteiger partial charge < -0.3 is 114 Å². The third kappa shape index (κ3) is 10.5. The van der Waals surface area contributed by atoms with E-state index in [4.69, 9.17) is 37.9 Å². The fraction of sp³-hybridized carbons (Fsp3) is 0.962. The molecule has 76 heavy (non-hydrogen) atoms. The predicted molar refractivity (Wildman–Crippen MR) is 262 cm³/mol. The maximum absolute atomic E-state index is 12.8. The van der Waals surface area contributed by atoms with Gasteiger partial charge in [-0.25, -0.2) is 0 Å². The maximum Gasteiger partial charge on any atom is 0.187 e. The number of hydrogen-bond acceptors (Lipinski definition) is 23. The Kier molecular flexibility index (Phi) is 18.3. The van der Waals surface area contributed by atoms with Gasteiger partial charge in [-0.05, 0) is 117 Å². The molecule has 4 saturated carbocycles. The monoisotopic (exact) mass is 1090 g/mol. The largest absolute Gasteiger partial charge is 0.394 e. The van der Waals surface area contributed by atoms with E-state index in [1.807, 2.05) is 34.6 Å². The van der Waals surface area contributed by atoms with E-state index < -0.39 is 188 Å². The molecule has 0 bridgehead atoms. The Balaban J connectivity index is 1.03. The number of aliphatic hydroxyl groups is 15. The molecule has 0 amide bonds. The molecule has 0 aromatic carbocycles. The second-order valence-electron chi connectivity index (χ2n) is 25.5. The van der Waals surface area contributed by atoms with Crippen molar-refractivity contribution in [3.8, 4) is 0 Å². The van der Waals surface area contributed by atoms with Gasteiger partial charge in [0, 0.05) is 0 Å². The van der Waals surface area contributed by atoms with Gasteiger partial charge >= 0.3 is 0 Å². The third-order valence-corrected chi connectivity index (χ3v) is 20.4.